The van der Waals surface area contributed by atoms with Crippen LogP contribution in [0.5, 0.6) is 5.88 Å². The zero-order valence-corrected chi connectivity index (χ0v) is 9.39. The number of ether oxygens (including phenoxy) is 1. The molecule has 2 saturated heterocycles. The van der Waals surface area contributed by atoms with Crippen molar-refractivity contribution in [2.24, 2.45) is 11.8 Å². The predicted octanol–water partition coefficient (Wildman–Crippen LogP) is 0.141. The molecule has 2 aliphatic rings. The molecule has 0 saturated carbocycles. The Labute approximate surface area is 94.8 Å². The first-order valence-electron chi connectivity index (χ1n) is 5.68. The second-order valence-corrected chi connectivity index (χ2v) is 4.50. The summed E-state index contributed by atoms with van der Waals surface area (Å²) in [6, 6.07) is 0. The lowest BCUT2D eigenvalue weighted by atomic mass is 10.0. The Bertz CT molecular complexity index is 372. The van der Waals surface area contributed by atoms with E-state index in [-0.39, 0.29) is 0 Å². The lowest BCUT2D eigenvalue weighted by Crippen LogP contribution is -2.26. The van der Waals surface area contributed by atoms with Gasteiger partial charge in [0.05, 0.1) is 19.5 Å². The molecule has 1 aromatic heterocycles. The minimum absolute atomic E-state index is 0.590. The van der Waals surface area contributed by atoms with Crippen LogP contribution in [0.15, 0.2) is 12.4 Å². The highest BCUT2D eigenvalue weighted by molar-refractivity contribution is 5.39. The van der Waals surface area contributed by atoms with Crippen LogP contribution < -0.4 is 15.0 Å². The number of hydrogen-bond acceptors (Lipinski definition) is 5. The Kier molecular flexibility index (Phi) is 2.40. The summed E-state index contributed by atoms with van der Waals surface area (Å²) in [6.07, 6.45) is 3.46. The van der Waals surface area contributed by atoms with Crippen LogP contribution in [-0.4, -0.2) is 43.3 Å². The molecule has 0 aliphatic carbocycles. The van der Waals surface area contributed by atoms with E-state index in [1.165, 1.54) is 0 Å². The minimum atomic E-state index is 0.590. The van der Waals surface area contributed by atoms with Gasteiger partial charge in [-0.2, -0.15) is 4.98 Å². The molecule has 2 aliphatic heterocycles. The molecule has 16 heavy (non-hydrogen) atoms. The highest BCUT2D eigenvalue weighted by Crippen LogP contribution is 2.29. The van der Waals surface area contributed by atoms with Gasteiger partial charge in [-0.15, -0.1) is 0 Å². The third-order valence-electron chi connectivity index (χ3n) is 3.52. The number of fused-ring (bicyclic) bond motifs is 1. The van der Waals surface area contributed by atoms with Crippen molar-refractivity contribution in [3.05, 3.63) is 12.4 Å². The third-order valence-corrected chi connectivity index (χ3v) is 3.52. The summed E-state index contributed by atoms with van der Waals surface area (Å²) >= 11 is 0. The first-order chi connectivity index (χ1) is 7.86. The van der Waals surface area contributed by atoms with E-state index in [0.717, 1.165) is 43.8 Å². The molecule has 5 nitrogen and oxygen atoms in total. The molecular weight excluding hydrogens is 204 g/mol. The zero-order valence-electron chi connectivity index (χ0n) is 9.39. The molecule has 0 amide bonds. The summed E-state index contributed by atoms with van der Waals surface area (Å²) in [5.41, 5.74) is 0. The van der Waals surface area contributed by atoms with E-state index in [9.17, 15) is 0 Å². The van der Waals surface area contributed by atoms with Crippen molar-refractivity contribution < 1.29 is 4.74 Å². The molecule has 0 radical (unpaired) electrons. The second-order valence-electron chi connectivity index (χ2n) is 4.50. The van der Waals surface area contributed by atoms with Gasteiger partial charge in [-0.25, -0.2) is 0 Å². The van der Waals surface area contributed by atoms with Crippen LogP contribution in [0.1, 0.15) is 0 Å². The fraction of sp³-hybridized carbons (Fsp3) is 0.636. The summed E-state index contributed by atoms with van der Waals surface area (Å²) in [5, 5.41) is 3.43. The van der Waals surface area contributed by atoms with E-state index in [0.29, 0.717) is 5.88 Å². The monoisotopic (exact) mass is 220 g/mol. The first-order valence-corrected chi connectivity index (χ1v) is 5.68. The third kappa shape index (κ3) is 1.61. The molecule has 2 atom stereocenters. The van der Waals surface area contributed by atoms with Gasteiger partial charge in [0.1, 0.15) is 0 Å². The smallest absolute Gasteiger partial charge is 0.233 e. The summed E-state index contributed by atoms with van der Waals surface area (Å²) in [5.74, 6) is 3.07. The molecule has 1 aromatic rings. The number of nitrogens with zero attached hydrogens (tertiary/aromatic N) is 3. The maximum Gasteiger partial charge on any atom is 0.233 e. The fourth-order valence-corrected chi connectivity index (χ4v) is 2.63. The molecule has 2 fully saturated rings. The van der Waals surface area contributed by atoms with Crippen molar-refractivity contribution in [1.29, 1.82) is 0 Å². The van der Waals surface area contributed by atoms with Crippen LogP contribution in [0.4, 0.5) is 5.82 Å². The number of nitrogens with one attached hydrogen (secondary N) is 1. The van der Waals surface area contributed by atoms with Crippen molar-refractivity contribution >= 4 is 5.82 Å². The molecule has 0 aromatic carbocycles. The van der Waals surface area contributed by atoms with Gasteiger partial charge in [0.25, 0.3) is 0 Å². The highest BCUT2D eigenvalue weighted by atomic mass is 16.5. The molecule has 86 valence electrons. The molecule has 0 unspecified atom stereocenters. The average Bonchev–Trinajstić information content (AvgIpc) is 2.89. The molecule has 0 bridgehead atoms. The average molecular weight is 220 g/mol. The van der Waals surface area contributed by atoms with Crippen molar-refractivity contribution in [2.45, 2.75) is 0 Å². The number of methoxy groups -OCH3 is 1. The van der Waals surface area contributed by atoms with Gasteiger partial charge in [0.2, 0.25) is 5.88 Å². The second kappa shape index (κ2) is 3.90. The fourth-order valence-electron chi connectivity index (χ4n) is 2.63. The SMILES string of the molecule is COc1cncc(N2C[C@H]3CNC[C@H]3C2)n1. The van der Waals surface area contributed by atoms with Crippen LogP contribution >= 0.6 is 0 Å². The van der Waals surface area contributed by atoms with Gasteiger partial charge in [-0.3, -0.25) is 4.98 Å². The van der Waals surface area contributed by atoms with Crippen molar-refractivity contribution in [3.8, 4) is 5.88 Å². The number of rotatable bonds is 2. The normalized spacial score (nSPS) is 28.2. The maximum absolute atomic E-state index is 5.10. The van der Waals surface area contributed by atoms with Crippen LogP contribution in [0.2, 0.25) is 0 Å². The van der Waals surface area contributed by atoms with Crippen molar-refractivity contribution in [1.82, 2.24) is 15.3 Å². The van der Waals surface area contributed by atoms with Gasteiger partial charge >= 0.3 is 0 Å². The van der Waals surface area contributed by atoms with Gasteiger partial charge in [0.15, 0.2) is 5.82 Å². The summed E-state index contributed by atoms with van der Waals surface area (Å²) in [6.45, 7) is 4.44. The Hall–Kier alpha value is -1.36. The van der Waals surface area contributed by atoms with E-state index in [1.807, 2.05) is 6.20 Å². The van der Waals surface area contributed by atoms with E-state index >= 15 is 0 Å². The van der Waals surface area contributed by atoms with Crippen molar-refractivity contribution in [3.63, 3.8) is 0 Å². The van der Waals surface area contributed by atoms with Gasteiger partial charge in [-0.05, 0) is 11.8 Å². The molecule has 0 spiro atoms. The molecule has 3 rings (SSSR count). The van der Waals surface area contributed by atoms with E-state index in [4.69, 9.17) is 4.74 Å². The Morgan fingerprint density at radius 3 is 2.75 bits per heavy atom. The summed E-state index contributed by atoms with van der Waals surface area (Å²) in [7, 11) is 1.62. The van der Waals surface area contributed by atoms with Crippen molar-refractivity contribution in [2.75, 3.05) is 38.2 Å². The summed E-state index contributed by atoms with van der Waals surface area (Å²) < 4.78 is 5.10. The Morgan fingerprint density at radius 1 is 1.31 bits per heavy atom. The van der Waals surface area contributed by atoms with Crippen LogP contribution in [0.3, 0.4) is 0 Å². The molecule has 5 heteroatoms. The Balaban J connectivity index is 1.78. The quantitative estimate of drug-likeness (QED) is 0.768. The first kappa shape index (κ1) is 9.84. The standard InChI is InChI=1S/C11H16N4O/c1-16-11-5-13-4-10(14-11)15-6-8-2-12-3-9(8)7-15/h4-5,8-9,12H,2-3,6-7H2,1H3/t8-,9+. The molecule has 1 N–H and O–H groups in total. The van der Waals surface area contributed by atoms with Crippen LogP contribution in [0.25, 0.3) is 0 Å². The topological polar surface area (TPSA) is 50.3 Å². The lowest BCUT2D eigenvalue weighted by Gasteiger charge is -2.18. The van der Waals surface area contributed by atoms with Gasteiger partial charge < -0.3 is 15.0 Å². The predicted molar refractivity (Wildman–Crippen MR) is 60.6 cm³/mol. The summed E-state index contributed by atoms with van der Waals surface area (Å²) in [4.78, 5) is 10.9. The molecule has 3 heterocycles. The Morgan fingerprint density at radius 2 is 2.06 bits per heavy atom. The van der Waals surface area contributed by atoms with Gasteiger partial charge in [-0.1, -0.05) is 0 Å². The zero-order chi connectivity index (χ0) is 11.0. The van der Waals surface area contributed by atoms with Crippen LogP contribution in [-0.2, 0) is 0 Å². The highest BCUT2D eigenvalue weighted by Gasteiger charge is 2.36. The minimum Gasteiger partial charge on any atom is -0.480 e. The number of aromatic nitrogens is 2. The number of anilines is 1. The maximum atomic E-state index is 5.10. The van der Waals surface area contributed by atoms with E-state index in [1.54, 1.807) is 13.3 Å². The molecular formula is C11H16N4O. The largest absolute Gasteiger partial charge is 0.480 e. The van der Waals surface area contributed by atoms with E-state index < -0.39 is 0 Å². The number of hydrogen-bond donors (Lipinski definition) is 1. The van der Waals surface area contributed by atoms with Crippen LogP contribution in [0, 0.1) is 11.8 Å². The van der Waals surface area contributed by atoms with E-state index in [2.05, 4.69) is 20.2 Å². The van der Waals surface area contributed by atoms with Gasteiger partial charge in [0, 0.05) is 26.2 Å². The lowest BCUT2D eigenvalue weighted by molar-refractivity contribution is 0.395.